The van der Waals surface area contributed by atoms with E-state index in [-0.39, 0.29) is 5.97 Å². The molecular formula is C13H20N2O3. The molecule has 0 radical (unpaired) electrons. The van der Waals surface area contributed by atoms with Crippen molar-refractivity contribution >= 4 is 5.97 Å². The molecule has 1 fully saturated rings. The van der Waals surface area contributed by atoms with Gasteiger partial charge in [0.1, 0.15) is 5.76 Å². The Bertz CT molecular complexity index is 404. The van der Waals surface area contributed by atoms with Crippen LogP contribution in [0, 0.1) is 13.8 Å². The average molecular weight is 252 g/mol. The van der Waals surface area contributed by atoms with E-state index in [9.17, 15) is 4.79 Å². The fourth-order valence-electron chi connectivity index (χ4n) is 2.06. The van der Waals surface area contributed by atoms with Crippen molar-refractivity contribution in [1.82, 2.24) is 10.1 Å². The van der Waals surface area contributed by atoms with Crippen LogP contribution in [0.15, 0.2) is 4.52 Å². The summed E-state index contributed by atoms with van der Waals surface area (Å²) in [5.41, 5.74) is 1.99. The van der Waals surface area contributed by atoms with Crippen molar-refractivity contribution in [3.63, 3.8) is 0 Å². The van der Waals surface area contributed by atoms with Gasteiger partial charge in [0.25, 0.3) is 0 Å². The lowest BCUT2D eigenvalue weighted by Gasteiger charge is -2.20. The summed E-state index contributed by atoms with van der Waals surface area (Å²) >= 11 is 0. The minimum Gasteiger partial charge on any atom is -0.465 e. The Hall–Kier alpha value is -1.36. The van der Waals surface area contributed by atoms with Gasteiger partial charge in [-0.2, -0.15) is 0 Å². The van der Waals surface area contributed by atoms with E-state index >= 15 is 0 Å². The molecule has 0 amide bonds. The number of hydrogen-bond donors (Lipinski definition) is 0. The van der Waals surface area contributed by atoms with Crippen molar-refractivity contribution in [3.8, 4) is 0 Å². The first-order chi connectivity index (χ1) is 8.61. The van der Waals surface area contributed by atoms with E-state index in [1.165, 1.54) is 0 Å². The lowest BCUT2D eigenvalue weighted by Crippen LogP contribution is -2.32. The minimum atomic E-state index is -0.156. The van der Waals surface area contributed by atoms with E-state index in [1.807, 2.05) is 20.8 Å². The van der Waals surface area contributed by atoms with Crippen LogP contribution in [-0.2, 0) is 16.1 Å². The molecule has 1 aromatic heterocycles. The van der Waals surface area contributed by atoms with Gasteiger partial charge in [0.05, 0.1) is 18.8 Å². The van der Waals surface area contributed by atoms with Crippen LogP contribution in [0.4, 0.5) is 0 Å². The summed E-state index contributed by atoms with van der Waals surface area (Å²) in [4.78, 5) is 13.7. The smallest absolute Gasteiger partial charge is 0.320 e. The summed E-state index contributed by atoms with van der Waals surface area (Å²) in [6, 6.07) is 0.503. The lowest BCUT2D eigenvalue weighted by molar-refractivity contribution is -0.144. The Labute approximate surface area is 107 Å². The van der Waals surface area contributed by atoms with Gasteiger partial charge in [-0.05, 0) is 33.6 Å². The highest BCUT2D eigenvalue weighted by molar-refractivity contribution is 5.71. The molecule has 2 rings (SSSR count). The third kappa shape index (κ3) is 3.10. The second-order valence-corrected chi connectivity index (χ2v) is 4.74. The fraction of sp³-hybridized carbons (Fsp3) is 0.692. The Morgan fingerprint density at radius 3 is 2.72 bits per heavy atom. The van der Waals surface area contributed by atoms with Gasteiger partial charge in [-0.25, -0.2) is 0 Å². The summed E-state index contributed by atoms with van der Waals surface area (Å²) in [5.74, 6) is 0.679. The molecule has 0 bridgehead atoms. The zero-order valence-corrected chi connectivity index (χ0v) is 11.2. The van der Waals surface area contributed by atoms with Crippen LogP contribution in [0.3, 0.4) is 0 Å². The first-order valence-electron chi connectivity index (χ1n) is 6.43. The summed E-state index contributed by atoms with van der Waals surface area (Å²) in [5, 5.41) is 3.95. The van der Waals surface area contributed by atoms with Crippen LogP contribution in [0.1, 0.15) is 36.8 Å². The number of ether oxygens (including phenoxy) is 1. The SMILES string of the molecule is CCOC(=O)CN(Cc1c(C)noc1C)C1CC1. The molecule has 1 aliphatic carbocycles. The zero-order chi connectivity index (χ0) is 13.1. The molecule has 0 atom stereocenters. The second-order valence-electron chi connectivity index (χ2n) is 4.74. The largest absolute Gasteiger partial charge is 0.465 e. The first kappa shape index (κ1) is 13.1. The van der Waals surface area contributed by atoms with Crippen molar-refractivity contribution in [2.24, 2.45) is 0 Å². The molecule has 1 saturated carbocycles. The molecule has 0 unspecified atom stereocenters. The van der Waals surface area contributed by atoms with Gasteiger partial charge in [0.15, 0.2) is 0 Å². The van der Waals surface area contributed by atoms with Gasteiger partial charge < -0.3 is 9.26 Å². The van der Waals surface area contributed by atoms with E-state index < -0.39 is 0 Å². The number of carbonyl (C=O) groups is 1. The molecular weight excluding hydrogens is 232 g/mol. The van der Waals surface area contributed by atoms with Gasteiger partial charge >= 0.3 is 5.97 Å². The van der Waals surface area contributed by atoms with E-state index in [0.29, 0.717) is 25.7 Å². The molecule has 1 aliphatic rings. The second kappa shape index (κ2) is 5.52. The minimum absolute atomic E-state index is 0.156. The number of esters is 1. The normalized spacial score (nSPS) is 15.1. The van der Waals surface area contributed by atoms with Crippen molar-refractivity contribution in [1.29, 1.82) is 0 Å². The van der Waals surface area contributed by atoms with Crippen LogP contribution in [0.25, 0.3) is 0 Å². The van der Waals surface area contributed by atoms with Crippen LogP contribution in [-0.4, -0.2) is 35.2 Å². The Morgan fingerprint density at radius 2 is 2.22 bits per heavy atom. The zero-order valence-electron chi connectivity index (χ0n) is 11.2. The van der Waals surface area contributed by atoms with Gasteiger partial charge in [-0.3, -0.25) is 9.69 Å². The maximum atomic E-state index is 11.6. The summed E-state index contributed by atoms with van der Waals surface area (Å²) in [6.45, 7) is 7.16. The highest BCUT2D eigenvalue weighted by atomic mass is 16.5. The molecule has 0 aliphatic heterocycles. The van der Waals surface area contributed by atoms with Crippen molar-refractivity contribution < 1.29 is 14.1 Å². The monoisotopic (exact) mass is 252 g/mol. The van der Waals surface area contributed by atoms with Crippen LogP contribution in [0.2, 0.25) is 0 Å². The third-order valence-electron chi connectivity index (χ3n) is 3.24. The van der Waals surface area contributed by atoms with Gasteiger partial charge in [0.2, 0.25) is 0 Å². The number of carbonyl (C=O) groups excluding carboxylic acids is 1. The molecule has 0 saturated heterocycles. The van der Waals surface area contributed by atoms with E-state index in [4.69, 9.17) is 9.26 Å². The number of rotatable bonds is 6. The lowest BCUT2D eigenvalue weighted by atomic mass is 10.2. The predicted molar refractivity (Wildman–Crippen MR) is 66.0 cm³/mol. The Morgan fingerprint density at radius 1 is 1.50 bits per heavy atom. The van der Waals surface area contributed by atoms with Crippen LogP contribution < -0.4 is 0 Å². The quantitative estimate of drug-likeness (QED) is 0.723. The van der Waals surface area contributed by atoms with E-state index in [1.54, 1.807) is 0 Å². The topological polar surface area (TPSA) is 55.6 Å². The number of aromatic nitrogens is 1. The molecule has 1 heterocycles. The van der Waals surface area contributed by atoms with Crippen LogP contribution in [0.5, 0.6) is 0 Å². The molecule has 0 aromatic carbocycles. The molecule has 5 heteroatoms. The average Bonchev–Trinajstić information content (AvgIpc) is 3.11. The number of nitrogens with zero attached hydrogens (tertiary/aromatic N) is 2. The van der Waals surface area contributed by atoms with E-state index in [2.05, 4.69) is 10.1 Å². The highest BCUT2D eigenvalue weighted by Gasteiger charge is 2.31. The summed E-state index contributed by atoms with van der Waals surface area (Å²) in [7, 11) is 0. The Balaban J connectivity index is 2.00. The maximum absolute atomic E-state index is 11.6. The number of hydrogen-bond acceptors (Lipinski definition) is 5. The van der Waals surface area contributed by atoms with Gasteiger partial charge in [-0.1, -0.05) is 5.16 Å². The molecule has 0 spiro atoms. The Kier molecular flexibility index (Phi) is 4.01. The van der Waals surface area contributed by atoms with Crippen molar-refractivity contribution in [2.45, 2.75) is 46.2 Å². The molecule has 18 heavy (non-hydrogen) atoms. The predicted octanol–water partition coefficient (Wildman–Crippen LogP) is 1.82. The summed E-state index contributed by atoms with van der Waals surface area (Å²) in [6.07, 6.45) is 2.31. The maximum Gasteiger partial charge on any atom is 0.320 e. The molecule has 0 N–H and O–H groups in total. The molecule has 100 valence electrons. The first-order valence-corrected chi connectivity index (χ1v) is 6.43. The molecule has 5 nitrogen and oxygen atoms in total. The summed E-state index contributed by atoms with van der Waals surface area (Å²) < 4.78 is 10.2. The van der Waals surface area contributed by atoms with Gasteiger partial charge in [0, 0.05) is 18.2 Å². The van der Waals surface area contributed by atoms with Crippen molar-refractivity contribution in [2.75, 3.05) is 13.2 Å². The van der Waals surface area contributed by atoms with Gasteiger partial charge in [-0.15, -0.1) is 0 Å². The third-order valence-corrected chi connectivity index (χ3v) is 3.24. The fourth-order valence-corrected chi connectivity index (χ4v) is 2.06. The standard InChI is InChI=1S/C13H20N2O3/c1-4-17-13(16)8-15(11-5-6-11)7-12-9(2)14-18-10(12)3/h11H,4-8H2,1-3H3. The highest BCUT2D eigenvalue weighted by Crippen LogP contribution is 2.29. The number of aryl methyl sites for hydroxylation is 2. The van der Waals surface area contributed by atoms with E-state index in [0.717, 1.165) is 29.9 Å². The van der Waals surface area contributed by atoms with Crippen LogP contribution >= 0.6 is 0 Å². The molecule has 1 aromatic rings. The van der Waals surface area contributed by atoms with Crippen molar-refractivity contribution in [3.05, 3.63) is 17.0 Å².